The predicted molar refractivity (Wildman–Crippen MR) is 80.0 cm³/mol. The van der Waals surface area contributed by atoms with Crippen molar-refractivity contribution in [2.75, 3.05) is 0 Å². The Kier molecular flexibility index (Phi) is 4.30. The number of halogens is 3. The van der Waals surface area contributed by atoms with Gasteiger partial charge in [0, 0.05) is 5.56 Å². The molecule has 0 fully saturated rings. The van der Waals surface area contributed by atoms with Crippen LogP contribution in [0.5, 0.6) is 0 Å². The van der Waals surface area contributed by atoms with E-state index in [1.807, 2.05) is 37.1 Å². The van der Waals surface area contributed by atoms with Gasteiger partial charge in [0.05, 0.1) is 0 Å². The molecule has 0 aliphatic rings. The summed E-state index contributed by atoms with van der Waals surface area (Å²) in [6.45, 7) is 3.14. The standard InChI is InChI=1S/C18H15F3O/c1-3-11-17(22,18(19,20)21)15-9-6-8-14(12-15)16-10-5-4-7-13(16)2/h4-10,12,22H,1-2H3. The van der Waals surface area contributed by atoms with E-state index in [1.54, 1.807) is 6.07 Å². The minimum absolute atomic E-state index is 0.282. The summed E-state index contributed by atoms with van der Waals surface area (Å²) in [6, 6.07) is 13.2. The van der Waals surface area contributed by atoms with Gasteiger partial charge in [-0.2, -0.15) is 13.2 Å². The molecule has 114 valence electrons. The van der Waals surface area contributed by atoms with Crippen LogP contribution < -0.4 is 0 Å². The van der Waals surface area contributed by atoms with E-state index < -0.39 is 11.8 Å². The maximum Gasteiger partial charge on any atom is 0.433 e. The molecule has 4 heteroatoms. The summed E-state index contributed by atoms with van der Waals surface area (Å²) in [5.41, 5.74) is -1.08. The second-order valence-corrected chi connectivity index (χ2v) is 4.98. The molecule has 1 atom stereocenters. The van der Waals surface area contributed by atoms with Crippen molar-refractivity contribution in [3.8, 4) is 23.0 Å². The van der Waals surface area contributed by atoms with E-state index in [2.05, 4.69) is 5.92 Å². The minimum Gasteiger partial charge on any atom is -0.366 e. The zero-order chi connectivity index (χ0) is 16.4. The van der Waals surface area contributed by atoms with Gasteiger partial charge in [-0.05, 0) is 36.6 Å². The lowest BCUT2D eigenvalue weighted by Gasteiger charge is -2.26. The summed E-state index contributed by atoms with van der Waals surface area (Å²) in [5.74, 6) is 4.05. The Morgan fingerprint density at radius 2 is 1.68 bits per heavy atom. The summed E-state index contributed by atoms with van der Waals surface area (Å²) in [4.78, 5) is 0. The van der Waals surface area contributed by atoms with Crippen molar-refractivity contribution in [3.05, 3.63) is 59.7 Å². The van der Waals surface area contributed by atoms with Gasteiger partial charge in [0.2, 0.25) is 5.60 Å². The number of benzene rings is 2. The molecule has 2 aromatic carbocycles. The van der Waals surface area contributed by atoms with Crippen molar-refractivity contribution in [2.24, 2.45) is 0 Å². The molecule has 0 aromatic heterocycles. The second-order valence-electron chi connectivity index (χ2n) is 4.98. The van der Waals surface area contributed by atoms with Crippen molar-refractivity contribution in [1.82, 2.24) is 0 Å². The Bertz CT molecular complexity index is 738. The zero-order valence-electron chi connectivity index (χ0n) is 12.2. The Hall–Kier alpha value is -2.25. The third-order valence-electron chi connectivity index (χ3n) is 3.45. The smallest absolute Gasteiger partial charge is 0.366 e. The summed E-state index contributed by atoms with van der Waals surface area (Å²) < 4.78 is 39.7. The fraction of sp³-hybridized carbons (Fsp3) is 0.222. The molecule has 0 aliphatic carbocycles. The number of aryl methyl sites for hydroxylation is 1. The molecule has 0 heterocycles. The molecule has 0 bridgehead atoms. The average Bonchev–Trinajstić information content (AvgIpc) is 2.47. The molecule has 0 aliphatic heterocycles. The Labute approximate surface area is 127 Å². The number of rotatable bonds is 2. The maximum absolute atomic E-state index is 13.2. The fourth-order valence-electron chi connectivity index (χ4n) is 2.30. The normalized spacial score (nSPS) is 13.9. The van der Waals surface area contributed by atoms with Gasteiger partial charge in [-0.3, -0.25) is 0 Å². The van der Waals surface area contributed by atoms with Crippen molar-refractivity contribution in [3.63, 3.8) is 0 Å². The van der Waals surface area contributed by atoms with Crippen LogP contribution in [0.25, 0.3) is 11.1 Å². The molecule has 0 radical (unpaired) electrons. The molecule has 22 heavy (non-hydrogen) atoms. The van der Waals surface area contributed by atoms with Crippen LogP contribution in [0, 0.1) is 18.8 Å². The van der Waals surface area contributed by atoms with Crippen LogP contribution in [-0.4, -0.2) is 11.3 Å². The molecule has 0 saturated carbocycles. The van der Waals surface area contributed by atoms with Crippen molar-refractivity contribution in [1.29, 1.82) is 0 Å². The number of hydrogen-bond acceptors (Lipinski definition) is 1. The van der Waals surface area contributed by atoms with Crippen LogP contribution in [0.4, 0.5) is 13.2 Å². The lowest BCUT2D eigenvalue weighted by atomic mass is 9.90. The number of alkyl halides is 3. The first kappa shape index (κ1) is 16.1. The molecular formula is C18H15F3O. The van der Waals surface area contributed by atoms with Crippen LogP contribution >= 0.6 is 0 Å². The molecule has 2 aromatic rings. The van der Waals surface area contributed by atoms with Gasteiger partial charge < -0.3 is 5.11 Å². The molecule has 0 saturated heterocycles. The summed E-state index contributed by atoms with van der Waals surface area (Å²) >= 11 is 0. The highest BCUT2D eigenvalue weighted by atomic mass is 19.4. The second kappa shape index (κ2) is 5.86. The van der Waals surface area contributed by atoms with Crippen LogP contribution in [-0.2, 0) is 5.60 Å². The Morgan fingerprint density at radius 1 is 1.00 bits per heavy atom. The monoisotopic (exact) mass is 304 g/mol. The van der Waals surface area contributed by atoms with Gasteiger partial charge in [-0.15, -0.1) is 5.92 Å². The number of hydrogen-bond donors (Lipinski definition) is 1. The SMILES string of the molecule is CC#CC(O)(c1cccc(-c2ccccc2C)c1)C(F)(F)F. The summed E-state index contributed by atoms with van der Waals surface area (Å²) in [5, 5.41) is 10.1. The quantitative estimate of drug-likeness (QED) is 0.814. The molecule has 1 nitrogen and oxygen atoms in total. The van der Waals surface area contributed by atoms with E-state index in [-0.39, 0.29) is 5.56 Å². The van der Waals surface area contributed by atoms with Crippen molar-refractivity contribution in [2.45, 2.75) is 25.6 Å². The van der Waals surface area contributed by atoms with Gasteiger partial charge in [0.1, 0.15) is 0 Å². The van der Waals surface area contributed by atoms with Gasteiger partial charge >= 0.3 is 6.18 Å². The van der Waals surface area contributed by atoms with Crippen molar-refractivity contribution < 1.29 is 18.3 Å². The molecule has 0 spiro atoms. The predicted octanol–water partition coefficient (Wildman–Crippen LogP) is 4.44. The molecule has 2 rings (SSSR count). The third-order valence-corrected chi connectivity index (χ3v) is 3.45. The largest absolute Gasteiger partial charge is 0.433 e. The first-order chi connectivity index (χ1) is 10.3. The lowest BCUT2D eigenvalue weighted by Crippen LogP contribution is -2.41. The Morgan fingerprint density at radius 3 is 2.27 bits per heavy atom. The van der Waals surface area contributed by atoms with Crippen LogP contribution in [0.15, 0.2) is 48.5 Å². The van der Waals surface area contributed by atoms with E-state index >= 15 is 0 Å². The topological polar surface area (TPSA) is 20.2 Å². The fourth-order valence-corrected chi connectivity index (χ4v) is 2.30. The zero-order valence-corrected chi connectivity index (χ0v) is 12.2. The number of aliphatic hydroxyl groups is 1. The van der Waals surface area contributed by atoms with E-state index in [9.17, 15) is 18.3 Å². The minimum atomic E-state index is -4.87. The highest BCUT2D eigenvalue weighted by molar-refractivity contribution is 5.68. The van der Waals surface area contributed by atoms with Gasteiger partial charge in [-0.25, -0.2) is 0 Å². The third kappa shape index (κ3) is 2.86. The molecule has 1 N–H and O–H groups in total. The molecular weight excluding hydrogens is 289 g/mol. The molecule has 0 amide bonds. The maximum atomic E-state index is 13.2. The van der Waals surface area contributed by atoms with E-state index in [0.29, 0.717) is 5.56 Å². The average molecular weight is 304 g/mol. The van der Waals surface area contributed by atoms with Gasteiger partial charge in [0.15, 0.2) is 0 Å². The van der Waals surface area contributed by atoms with Crippen LogP contribution in [0.3, 0.4) is 0 Å². The molecule has 1 unspecified atom stereocenters. The van der Waals surface area contributed by atoms with Crippen LogP contribution in [0.2, 0.25) is 0 Å². The summed E-state index contributed by atoms with van der Waals surface area (Å²) in [7, 11) is 0. The van der Waals surface area contributed by atoms with E-state index in [4.69, 9.17) is 0 Å². The highest BCUT2D eigenvalue weighted by Crippen LogP contribution is 2.39. The Balaban J connectivity index is 2.61. The summed E-state index contributed by atoms with van der Waals surface area (Å²) in [6.07, 6.45) is -4.87. The van der Waals surface area contributed by atoms with Crippen molar-refractivity contribution >= 4 is 0 Å². The highest BCUT2D eigenvalue weighted by Gasteiger charge is 2.54. The first-order valence-electron chi connectivity index (χ1n) is 6.69. The van der Waals surface area contributed by atoms with Crippen LogP contribution in [0.1, 0.15) is 18.1 Å². The lowest BCUT2D eigenvalue weighted by molar-refractivity contribution is -0.240. The van der Waals surface area contributed by atoms with E-state index in [1.165, 1.54) is 25.1 Å². The first-order valence-corrected chi connectivity index (χ1v) is 6.69. The van der Waals surface area contributed by atoms with Gasteiger partial charge in [-0.1, -0.05) is 48.4 Å². The van der Waals surface area contributed by atoms with Gasteiger partial charge in [0.25, 0.3) is 0 Å². The van der Waals surface area contributed by atoms with E-state index in [0.717, 1.165) is 11.1 Å².